The average Bonchev–Trinajstić information content (AvgIpc) is 3.09. The molecule has 1 fully saturated rings. The van der Waals surface area contributed by atoms with E-state index < -0.39 is 0 Å². The fourth-order valence-electron chi connectivity index (χ4n) is 3.26. The van der Waals surface area contributed by atoms with Crippen molar-refractivity contribution in [3.63, 3.8) is 0 Å². The lowest BCUT2D eigenvalue weighted by molar-refractivity contribution is 0.0453. The molecule has 5 heteroatoms. The highest BCUT2D eigenvalue weighted by Crippen LogP contribution is 2.29. The molecule has 2 aliphatic heterocycles. The molecular weight excluding hydrogens is 252 g/mol. The SMILES string of the molecule is CCC1=NOC(CN2CCC(c3[nH]ncc3C)CC2)C1. The van der Waals surface area contributed by atoms with E-state index in [-0.39, 0.29) is 6.10 Å². The number of likely N-dealkylation sites (tertiary alicyclic amines) is 1. The molecule has 2 aliphatic rings. The van der Waals surface area contributed by atoms with Gasteiger partial charge in [-0.05, 0) is 44.8 Å². The molecule has 110 valence electrons. The van der Waals surface area contributed by atoms with Crippen LogP contribution in [0.5, 0.6) is 0 Å². The molecule has 0 spiro atoms. The third kappa shape index (κ3) is 2.87. The number of aryl methyl sites for hydroxylation is 1. The van der Waals surface area contributed by atoms with Crippen molar-refractivity contribution in [3.05, 3.63) is 17.5 Å². The number of hydrogen-bond donors (Lipinski definition) is 1. The topological polar surface area (TPSA) is 53.5 Å². The molecule has 3 heterocycles. The van der Waals surface area contributed by atoms with Crippen LogP contribution < -0.4 is 0 Å². The van der Waals surface area contributed by atoms with E-state index in [0.717, 1.165) is 32.5 Å². The number of nitrogens with one attached hydrogen (secondary N) is 1. The molecule has 1 aromatic heterocycles. The van der Waals surface area contributed by atoms with E-state index in [4.69, 9.17) is 4.84 Å². The van der Waals surface area contributed by atoms with Gasteiger partial charge in [-0.15, -0.1) is 0 Å². The van der Waals surface area contributed by atoms with Gasteiger partial charge < -0.3 is 4.84 Å². The number of rotatable bonds is 4. The second kappa shape index (κ2) is 5.95. The Bertz CT molecular complexity index is 474. The largest absolute Gasteiger partial charge is 0.391 e. The normalized spacial score (nSPS) is 24.7. The predicted octanol–water partition coefficient (Wildman–Crippen LogP) is 2.45. The van der Waals surface area contributed by atoms with Crippen molar-refractivity contribution in [2.45, 2.75) is 51.6 Å². The van der Waals surface area contributed by atoms with Gasteiger partial charge in [0.1, 0.15) is 6.10 Å². The van der Waals surface area contributed by atoms with Crippen molar-refractivity contribution < 1.29 is 4.84 Å². The van der Waals surface area contributed by atoms with Crippen molar-refractivity contribution in [1.29, 1.82) is 0 Å². The molecule has 0 aromatic carbocycles. The zero-order valence-corrected chi connectivity index (χ0v) is 12.4. The second-order valence-electron chi connectivity index (χ2n) is 5.98. The molecule has 1 unspecified atom stereocenters. The second-order valence-corrected chi connectivity index (χ2v) is 5.98. The van der Waals surface area contributed by atoms with Crippen molar-refractivity contribution in [3.8, 4) is 0 Å². The third-order valence-electron chi connectivity index (χ3n) is 4.53. The fourth-order valence-corrected chi connectivity index (χ4v) is 3.26. The van der Waals surface area contributed by atoms with Gasteiger partial charge in [-0.2, -0.15) is 5.10 Å². The first-order valence-electron chi connectivity index (χ1n) is 7.70. The van der Waals surface area contributed by atoms with Crippen LogP contribution in [0.4, 0.5) is 0 Å². The Kier molecular flexibility index (Phi) is 4.05. The molecule has 1 N–H and O–H groups in total. The maximum Gasteiger partial charge on any atom is 0.145 e. The summed E-state index contributed by atoms with van der Waals surface area (Å²) in [5.41, 5.74) is 3.83. The molecule has 0 radical (unpaired) electrons. The van der Waals surface area contributed by atoms with Gasteiger partial charge in [0.15, 0.2) is 0 Å². The van der Waals surface area contributed by atoms with Crippen LogP contribution in [0.2, 0.25) is 0 Å². The van der Waals surface area contributed by atoms with Crippen molar-refractivity contribution in [1.82, 2.24) is 15.1 Å². The predicted molar refractivity (Wildman–Crippen MR) is 79.0 cm³/mol. The summed E-state index contributed by atoms with van der Waals surface area (Å²) >= 11 is 0. The van der Waals surface area contributed by atoms with Crippen LogP contribution in [-0.4, -0.2) is 46.5 Å². The molecule has 1 saturated heterocycles. The van der Waals surface area contributed by atoms with Gasteiger partial charge in [0.05, 0.1) is 11.9 Å². The molecule has 1 atom stereocenters. The van der Waals surface area contributed by atoms with Crippen LogP contribution in [0.25, 0.3) is 0 Å². The Labute approximate surface area is 120 Å². The quantitative estimate of drug-likeness (QED) is 0.919. The first kappa shape index (κ1) is 13.6. The maximum atomic E-state index is 5.51. The fraction of sp³-hybridized carbons (Fsp3) is 0.733. The number of oxime groups is 1. The smallest absolute Gasteiger partial charge is 0.145 e. The van der Waals surface area contributed by atoms with E-state index in [1.165, 1.54) is 29.8 Å². The molecule has 3 rings (SSSR count). The Morgan fingerprint density at radius 3 is 2.80 bits per heavy atom. The first-order valence-corrected chi connectivity index (χ1v) is 7.70. The third-order valence-corrected chi connectivity index (χ3v) is 4.53. The summed E-state index contributed by atoms with van der Waals surface area (Å²) in [6.07, 6.45) is 6.63. The summed E-state index contributed by atoms with van der Waals surface area (Å²) in [6.45, 7) is 7.58. The van der Waals surface area contributed by atoms with Crippen LogP contribution in [0.3, 0.4) is 0 Å². The Hall–Kier alpha value is -1.36. The van der Waals surface area contributed by atoms with E-state index in [2.05, 4.69) is 34.1 Å². The lowest BCUT2D eigenvalue weighted by atomic mass is 9.91. The highest BCUT2D eigenvalue weighted by atomic mass is 16.6. The molecule has 0 amide bonds. The molecule has 0 bridgehead atoms. The lowest BCUT2D eigenvalue weighted by Crippen LogP contribution is -2.38. The van der Waals surface area contributed by atoms with Gasteiger partial charge >= 0.3 is 0 Å². The molecule has 20 heavy (non-hydrogen) atoms. The van der Waals surface area contributed by atoms with Gasteiger partial charge in [-0.25, -0.2) is 0 Å². The Morgan fingerprint density at radius 2 is 2.20 bits per heavy atom. The van der Waals surface area contributed by atoms with E-state index in [1.54, 1.807) is 0 Å². The zero-order chi connectivity index (χ0) is 13.9. The number of piperidine rings is 1. The molecule has 5 nitrogen and oxygen atoms in total. The minimum Gasteiger partial charge on any atom is -0.391 e. The summed E-state index contributed by atoms with van der Waals surface area (Å²) in [5.74, 6) is 0.640. The van der Waals surface area contributed by atoms with Crippen molar-refractivity contribution in [2.24, 2.45) is 5.16 Å². The minimum atomic E-state index is 0.274. The van der Waals surface area contributed by atoms with Gasteiger partial charge in [-0.3, -0.25) is 10.00 Å². The monoisotopic (exact) mass is 276 g/mol. The van der Waals surface area contributed by atoms with Gasteiger partial charge in [0.25, 0.3) is 0 Å². The summed E-state index contributed by atoms with van der Waals surface area (Å²) < 4.78 is 0. The van der Waals surface area contributed by atoms with Crippen LogP contribution in [0.1, 0.15) is 49.8 Å². The van der Waals surface area contributed by atoms with Gasteiger partial charge in [-0.1, -0.05) is 12.1 Å². The molecule has 1 aromatic rings. The van der Waals surface area contributed by atoms with E-state index in [1.807, 2.05) is 6.20 Å². The van der Waals surface area contributed by atoms with Crippen LogP contribution in [-0.2, 0) is 4.84 Å². The maximum absolute atomic E-state index is 5.51. The zero-order valence-electron chi connectivity index (χ0n) is 12.4. The van der Waals surface area contributed by atoms with Crippen LogP contribution >= 0.6 is 0 Å². The highest BCUT2D eigenvalue weighted by molar-refractivity contribution is 5.85. The molecule has 0 aliphatic carbocycles. The van der Waals surface area contributed by atoms with Crippen LogP contribution in [0.15, 0.2) is 11.4 Å². The van der Waals surface area contributed by atoms with Crippen molar-refractivity contribution in [2.75, 3.05) is 19.6 Å². The van der Waals surface area contributed by atoms with E-state index in [0.29, 0.717) is 5.92 Å². The molecular formula is C15H24N4O. The number of aromatic amines is 1. The number of hydrogen-bond acceptors (Lipinski definition) is 4. The van der Waals surface area contributed by atoms with Gasteiger partial charge in [0.2, 0.25) is 0 Å². The lowest BCUT2D eigenvalue weighted by Gasteiger charge is -2.32. The number of H-pyrrole nitrogens is 1. The molecule has 0 saturated carbocycles. The first-order chi connectivity index (χ1) is 9.76. The standard InChI is InChI=1S/C15H24N4O/c1-3-13-8-14(20-18-13)10-19-6-4-12(5-7-19)15-11(2)9-16-17-15/h9,12,14H,3-8,10H2,1-2H3,(H,16,17). The van der Waals surface area contributed by atoms with Crippen molar-refractivity contribution >= 4 is 5.71 Å². The highest BCUT2D eigenvalue weighted by Gasteiger charge is 2.27. The summed E-state index contributed by atoms with van der Waals surface area (Å²) in [5, 5.41) is 11.5. The number of aromatic nitrogens is 2. The Morgan fingerprint density at radius 1 is 1.40 bits per heavy atom. The summed E-state index contributed by atoms with van der Waals surface area (Å²) in [7, 11) is 0. The van der Waals surface area contributed by atoms with E-state index >= 15 is 0 Å². The minimum absolute atomic E-state index is 0.274. The van der Waals surface area contributed by atoms with Gasteiger partial charge in [0, 0.05) is 24.6 Å². The Balaban J connectivity index is 1.46. The van der Waals surface area contributed by atoms with E-state index in [9.17, 15) is 0 Å². The average molecular weight is 276 g/mol. The summed E-state index contributed by atoms with van der Waals surface area (Å²) in [6, 6.07) is 0. The number of nitrogens with zero attached hydrogens (tertiary/aromatic N) is 3. The van der Waals surface area contributed by atoms with Crippen LogP contribution in [0, 0.1) is 6.92 Å². The summed E-state index contributed by atoms with van der Waals surface area (Å²) in [4.78, 5) is 8.02.